The minimum atomic E-state index is -3.19. The molecule has 0 aliphatic heterocycles. The lowest BCUT2D eigenvalue weighted by Gasteiger charge is -2.21. The van der Waals surface area contributed by atoms with E-state index in [1.165, 1.54) is 34.8 Å². The number of benzene rings is 4. The first-order chi connectivity index (χ1) is 18.1. The summed E-state index contributed by atoms with van der Waals surface area (Å²) in [6.45, 7) is 0. The van der Waals surface area contributed by atoms with E-state index in [9.17, 15) is 16.8 Å². The average Bonchev–Trinajstić information content (AvgIpc) is 2.90. The predicted octanol–water partition coefficient (Wildman–Crippen LogP) is 6.60. The van der Waals surface area contributed by atoms with Crippen LogP contribution in [0.4, 0.5) is 0 Å². The van der Waals surface area contributed by atoms with Gasteiger partial charge in [0.25, 0.3) is 0 Å². The van der Waals surface area contributed by atoms with Crippen LogP contribution in [-0.4, -0.2) is 29.3 Å². The Morgan fingerprint density at radius 3 is 1.13 bits per heavy atom. The monoisotopic (exact) mass is 540 g/mol. The Morgan fingerprint density at radius 1 is 0.474 bits per heavy atom. The van der Waals surface area contributed by atoms with Crippen molar-refractivity contribution in [3.05, 3.63) is 118 Å². The maximum absolute atomic E-state index is 11.7. The Kier molecular flexibility index (Phi) is 6.95. The molecule has 0 saturated carbocycles. The highest BCUT2D eigenvalue weighted by Crippen LogP contribution is 2.35. The quantitative estimate of drug-likeness (QED) is 0.259. The topological polar surface area (TPSA) is 68.3 Å². The molecular formula is C32H28O4S2. The molecule has 4 aromatic carbocycles. The normalized spacial score (nSPS) is 13.5. The lowest BCUT2D eigenvalue weighted by Crippen LogP contribution is -2.04. The molecule has 0 heterocycles. The van der Waals surface area contributed by atoms with Gasteiger partial charge in [0.1, 0.15) is 0 Å². The van der Waals surface area contributed by atoms with Gasteiger partial charge in [-0.2, -0.15) is 0 Å². The standard InChI is InChI=1S/C32H28O4S2/c1-37(33,34)29-15-7-23(8-16-29)3-5-25-11-19-31-27(21-25)13-14-28-22-26(12-20-32(28)31)6-4-24-9-17-30(18-10-24)38(2,35)36/h3-12,15-22H,13-14H2,1-2H3/b5-3+,6-4+. The highest BCUT2D eigenvalue weighted by molar-refractivity contribution is 7.91. The van der Waals surface area contributed by atoms with Crippen LogP contribution in [0.1, 0.15) is 33.4 Å². The minimum Gasteiger partial charge on any atom is -0.224 e. The Morgan fingerprint density at radius 2 is 0.789 bits per heavy atom. The van der Waals surface area contributed by atoms with E-state index in [4.69, 9.17) is 0 Å². The zero-order valence-electron chi connectivity index (χ0n) is 21.3. The van der Waals surface area contributed by atoms with Crippen molar-refractivity contribution < 1.29 is 16.8 Å². The summed E-state index contributed by atoms with van der Waals surface area (Å²) in [6.07, 6.45) is 12.5. The highest BCUT2D eigenvalue weighted by Gasteiger charge is 2.16. The van der Waals surface area contributed by atoms with Crippen molar-refractivity contribution in [3.8, 4) is 11.1 Å². The Bertz CT molecular complexity index is 1640. The molecule has 4 aromatic rings. The van der Waals surface area contributed by atoms with Gasteiger partial charge in [-0.05, 0) is 81.6 Å². The SMILES string of the molecule is CS(=O)(=O)c1ccc(/C=C/c2ccc3c(c2)CCc2cc(/C=C/c4ccc(S(C)(=O)=O)cc4)ccc2-3)cc1. The van der Waals surface area contributed by atoms with Crippen LogP contribution in [-0.2, 0) is 32.5 Å². The molecule has 0 saturated heterocycles. The van der Waals surface area contributed by atoms with Crippen LogP contribution in [0.5, 0.6) is 0 Å². The van der Waals surface area contributed by atoms with E-state index in [0.717, 1.165) is 35.1 Å². The number of rotatable bonds is 6. The molecule has 1 aliphatic carbocycles. The van der Waals surface area contributed by atoms with Crippen molar-refractivity contribution >= 4 is 44.0 Å². The van der Waals surface area contributed by atoms with Crippen molar-refractivity contribution in [2.75, 3.05) is 12.5 Å². The maximum Gasteiger partial charge on any atom is 0.175 e. The van der Waals surface area contributed by atoms with Crippen molar-refractivity contribution in [1.82, 2.24) is 0 Å². The summed E-state index contributed by atoms with van der Waals surface area (Å²) in [5.41, 5.74) is 9.28. The molecule has 0 N–H and O–H groups in total. The molecule has 0 atom stereocenters. The third kappa shape index (κ3) is 5.87. The van der Waals surface area contributed by atoms with Gasteiger partial charge in [0.15, 0.2) is 19.7 Å². The van der Waals surface area contributed by atoms with Gasteiger partial charge in [-0.1, -0.05) is 85.0 Å². The van der Waals surface area contributed by atoms with Gasteiger partial charge in [-0.25, -0.2) is 16.8 Å². The van der Waals surface area contributed by atoms with Crippen LogP contribution in [0, 0.1) is 0 Å². The van der Waals surface area contributed by atoms with Gasteiger partial charge in [0.05, 0.1) is 9.79 Å². The first-order valence-corrected chi connectivity index (χ1v) is 16.1. The number of fused-ring (bicyclic) bond motifs is 3. The fourth-order valence-electron chi connectivity index (χ4n) is 4.68. The Balaban J connectivity index is 1.32. The third-order valence-corrected chi connectivity index (χ3v) is 9.02. The fourth-order valence-corrected chi connectivity index (χ4v) is 5.94. The Hall–Kier alpha value is -3.74. The van der Waals surface area contributed by atoms with Crippen molar-refractivity contribution in [2.45, 2.75) is 22.6 Å². The molecule has 0 radical (unpaired) electrons. The summed E-state index contributed by atoms with van der Waals surface area (Å²) in [7, 11) is -6.38. The molecule has 0 amide bonds. The van der Waals surface area contributed by atoms with Crippen LogP contribution >= 0.6 is 0 Å². The molecular weight excluding hydrogens is 512 g/mol. The number of sulfone groups is 2. The minimum absolute atomic E-state index is 0.323. The van der Waals surface area contributed by atoms with Crippen LogP contribution in [0.25, 0.3) is 35.4 Å². The van der Waals surface area contributed by atoms with E-state index in [1.807, 2.05) is 36.4 Å². The molecule has 5 rings (SSSR count). The molecule has 0 aromatic heterocycles. The molecule has 192 valence electrons. The van der Waals surface area contributed by atoms with Gasteiger partial charge in [-0.15, -0.1) is 0 Å². The molecule has 6 heteroatoms. The van der Waals surface area contributed by atoms with Gasteiger partial charge in [0.2, 0.25) is 0 Å². The van der Waals surface area contributed by atoms with Gasteiger partial charge in [-0.3, -0.25) is 0 Å². The van der Waals surface area contributed by atoms with E-state index in [0.29, 0.717) is 9.79 Å². The van der Waals surface area contributed by atoms with Crippen LogP contribution in [0.2, 0.25) is 0 Å². The Labute approximate surface area is 224 Å². The molecule has 1 aliphatic rings. The van der Waals surface area contributed by atoms with E-state index in [1.54, 1.807) is 24.3 Å². The van der Waals surface area contributed by atoms with Crippen LogP contribution < -0.4 is 0 Å². The number of hydrogen-bond donors (Lipinski definition) is 0. The highest BCUT2D eigenvalue weighted by atomic mass is 32.2. The molecule has 0 spiro atoms. The second-order valence-corrected chi connectivity index (χ2v) is 13.7. The van der Waals surface area contributed by atoms with Crippen molar-refractivity contribution in [2.24, 2.45) is 0 Å². The summed E-state index contributed by atoms with van der Waals surface area (Å²) in [5, 5.41) is 0. The van der Waals surface area contributed by atoms with E-state index in [-0.39, 0.29) is 0 Å². The molecule has 0 fully saturated rings. The van der Waals surface area contributed by atoms with Gasteiger partial charge < -0.3 is 0 Å². The maximum atomic E-state index is 11.7. The van der Waals surface area contributed by atoms with E-state index >= 15 is 0 Å². The zero-order valence-corrected chi connectivity index (χ0v) is 22.9. The third-order valence-electron chi connectivity index (χ3n) is 6.77. The zero-order chi connectivity index (χ0) is 26.9. The van der Waals surface area contributed by atoms with E-state index < -0.39 is 19.7 Å². The van der Waals surface area contributed by atoms with Crippen LogP contribution in [0.15, 0.2) is 94.7 Å². The fraction of sp³-hybridized carbons (Fsp3) is 0.125. The second-order valence-electron chi connectivity index (χ2n) is 9.68. The predicted molar refractivity (Wildman–Crippen MR) is 156 cm³/mol. The summed E-state index contributed by atoms with van der Waals surface area (Å²) in [4.78, 5) is 0.646. The van der Waals surface area contributed by atoms with Gasteiger partial charge >= 0.3 is 0 Å². The largest absolute Gasteiger partial charge is 0.224 e. The van der Waals surface area contributed by atoms with Crippen molar-refractivity contribution in [3.63, 3.8) is 0 Å². The molecule has 0 unspecified atom stereocenters. The smallest absolute Gasteiger partial charge is 0.175 e. The molecule has 38 heavy (non-hydrogen) atoms. The lowest BCUT2D eigenvalue weighted by molar-refractivity contribution is 0.600. The first kappa shape index (κ1) is 25.9. The first-order valence-electron chi connectivity index (χ1n) is 12.3. The number of hydrogen-bond acceptors (Lipinski definition) is 4. The average molecular weight is 541 g/mol. The number of aryl methyl sites for hydroxylation is 2. The van der Waals surface area contributed by atoms with Gasteiger partial charge in [0, 0.05) is 12.5 Å². The summed E-state index contributed by atoms with van der Waals surface area (Å²) in [5.74, 6) is 0. The molecule has 0 bridgehead atoms. The summed E-state index contributed by atoms with van der Waals surface area (Å²) < 4.78 is 46.6. The van der Waals surface area contributed by atoms with E-state index in [2.05, 4.69) is 48.6 Å². The summed E-state index contributed by atoms with van der Waals surface area (Å²) in [6, 6.07) is 26.9. The lowest BCUT2D eigenvalue weighted by atomic mass is 9.84. The summed E-state index contributed by atoms with van der Waals surface area (Å²) >= 11 is 0. The molecule has 4 nitrogen and oxygen atoms in total. The second kappa shape index (κ2) is 10.2. The van der Waals surface area contributed by atoms with Crippen molar-refractivity contribution in [1.29, 1.82) is 0 Å². The van der Waals surface area contributed by atoms with Crippen LogP contribution in [0.3, 0.4) is 0 Å².